The molecule has 9 heteroatoms. The van der Waals surface area contributed by atoms with Gasteiger partial charge in [0.05, 0.1) is 6.20 Å². The third kappa shape index (κ3) is 4.02. The first kappa shape index (κ1) is 15.9. The lowest BCUT2D eigenvalue weighted by atomic mass is 10.1. The van der Waals surface area contributed by atoms with Crippen molar-refractivity contribution in [1.82, 2.24) is 19.8 Å². The number of carboxylic acid groups (broad SMARTS) is 1. The standard InChI is InChI=1S/C12H20N4O4S/c1-9(8-16-5-3-2-4-6-16)15-21(19,20)11-10(12(17)18)7-13-14-11/h7,9,15H,2-6,8H2,1H3,(H,13,14)(H,17,18). The van der Waals surface area contributed by atoms with Crippen molar-refractivity contribution in [2.45, 2.75) is 37.3 Å². The van der Waals surface area contributed by atoms with Crippen LogP contribution in [0.4, 0.5) is 0 Å². The molecule has 118 valence electrons. The van der Waals surface area contributed by atoms with Crippen molar-refractivity contribution in [3.05, 3.63) is 11.8 Å². The molecular weight excluding hydrogens is 296 g/mol. The maximum absolute atomic E-state index is 12.2. The van der Waals surface area contributed by atoms with Gasteiger partial charge in [0.25, 0.3) is 10.0 Å². The Balaban J connectivity index is 2.02. The second kappa shape index (κ2) is 6.54. The van der Waals surface area contributed by atoms with E-state index in [9.17, 15) is 13.2 Å². The fraction of sp³-hybridized carbons (Fsp3) is 0.667. The van der Waals surface area contributed by atoms with Crippen molar-refractivity contribution in [1.29, 1.82) is 0 Å². The van der Waals surface area contributed by atoms with Gasteiger partial charge in [-0.15, -0.1) is 0 Å². The molecule has 1 aromatic heterocycles. The Bertz CT molecular complexity index is 592. The predicted octanol–water partition coefficient (Wildman–Crippen LogP) is 0.261. The van der Waals surface area contributed by atoms with Crippen molar-refractivity contribution in [2.24, 2.45) is 0 Å². The van der Waals surface area contributed by atoms with E-state index in [0.29, 0.717) is 6.54 Å². The lowest BCUT2D eigenvalue weighted by molar-refractivity contribution is 0.0692. The Morgan fingerprint density at radius 3 is 2.76 bits per heavy atom. The molecule has 21 heavy (non-hydrogen) atoms. The lowest BCUT2D eigenvalue weighted by Crippen LogP contribution is -2.43. The summed E-state index contributed by atoms with van der Waals surface area (Å²) in [7, 11) is -3.92. The molecule has 1 unspecified atom stereocenters. The number of hydrogen-bond acceptors (Lipinski definition) is 5. The van der Waals surface area contributed by atoms with E-state index in [0.717, 1.165) is 32.1 Å². The molecule has 0 spiro atoms. The molecule has 0 aromatic carbocycles. The molecule has 1 saturated heterocycles. The van der Waals surface area contributed by atoms with E-state index in [1.54, 1.807) is 6.92 Å². The average molecular weight is 316 g/mol. The Kier molecular flexibility index (Phi) is 4.96. The molecule has 8 nitrogen and oxygen atoms in total. The number of aromatic amines is 1. The number of sulfonamides is 1. The fourth-order valence-corrected chi connectivity index (χ4v) is 3.85. The van der Waals surface area contributed by atoms with Crippen molar-refractivity contribution < 1.29 is 18.3 Å². The van der Waals surface area contributed by atoms with E-state index < -0.39 is 21.0 Å². The zero-order chi connectivity index (χ0) is 15.5. The van der Waals surface area contributed by atoms with Crippen LogP contribution < -0.4 is 4.72 Å². The van der Waals surface area contributed by atoms with Gasteiger partial charge in [0.1, 0.15) is 5.56 Å². The number of nitrogens with one attached hydrogen (secondary N) is 2. The molecule has 1 fully saturated rings. The highest BCUT2D eigenvalue weighted by molar-refractivity contribution is 7.89. The van der Waals surface area contributed by atoms with E-state index in [-0.39, 0.29) is 11.6 Å². The topological polar surface area (TPSA) is 115 Å². The zero-order valence-corrected chi connectivity index (χ0v) is 12.7. The van der Waals surface area contributed by atoms with Gasteiger partial charge in [0, 0.05) is 12.6 Å². The van der Waals surface area contributed by atoms with Crippen LogP contribution in [0.15, 0.2) is 11.2 Å². The number of likely N-dealkylation sites (tertiary alicyclic amines) is 1. The highest BCUT2D eigenvalue weighted by Gasteiger charge is 2.27. The molecule has 2 heterocycles. The number of rotatable bonds is 6. The molecular formula is C12H20N4O4S. The molecule has 1 aromatic rings. The number of piperidine rings is 1. The summed E-state index contributed by atoms with van der Waals surface area (Å²) in [5.41, 5.74) is -0.354. The number of aromatic carboxylic acids is 1. The van der Waals surface area contributed by atoms with Crippen LogP contribution in [0, 0.1) is 0 Å². The molecule has 1 aliphatic rings. The van der Waals surface area contributed by atoms with Gasteiger partial charge < -0.3 is 10.0 Å². The van der Waals surface area contributed by atoms with Crippen LogP contribution in [0.1, 0.15) is 36.5 Å². The van der Waals surface area contributed by atoms with Crippen molar-refractivity contribution in [2.75, 3.05) is 19.6 Å². The van der Waals surface area contributed by atoms with Crippen LogP contribution in [0.3, 0.4) is 0 Å². The number of carbonyl (C=O) groups is 1. The summed E-state index contributed by atoms with van der Waals surface area (Å²) in [5.74, 6) is -1.33. The summed E-state index contributed by atoms with van der Waals surface area (Å²) < 4.78 is 26.9. The van der Waals surface area contributed by atoms with Gasteiger partial charge >= 0.3 is 5.97 Å². The molecule has 1 atom stereocenters. The first-order chi connectivity index (χ1) is 9.90. The zero-order valence-electron chi connectivity index (χ0n) is 11.9. The summed E-state index contributed by atoms with van der Waals surface area (Å²) in [6.07, 6.45) is 4.46. The summed E-state index contributed by atoms with van der Waals surface area (Å²) in [6, 6.07) is -0.307. The van der Waals surface area contributed by atoms with Crippen LogP contribution in [0.5, 0.6) is 0 Å². The molecule has 0 amide bonds. The van der Waals surface area contributed by atoms with Crippen LogP contribution >= 0.6 is 0 Å². The van der Waals surface area contributed by atoms with Crippen molar-refractivity contribution in [3.8, 4) is 0 Å². The molecule has 0 bridgehead atoms. The van der Waals surface area contributed by atoms with Gasteiger partial charge in [-0.3, -0.25) is 5.10 Å². The molecule has 0 saturated carbocycles. The van der Waals surface area contributed by atoms with Gasteiger partial charge in [-0.25, -0.2) is 17.9 Å². The Morgan fingerprint density at radius 2 is 2.14 bits per heavy atom. The molecule has 0 radical (unpaired) electrons. The van der Waals surface area contributed by atoms with Crippen LogP contribution in [0.25, 0.3) is 0 Å². The second-order valence-corrected chi connectivity index (χ2v) is 6.95. The number of carboxylic acids is 1. The molecule has 2 rings (SSSR count). The van der Waals surface area contributed by atoms with Gasteiger partial charge in [0.2, 0.25) is 0 Å². The minimum absolute atomic E-state index is 0.307. The number of nitrogens with zero attached hydrogens (tertiary/aromatic N) is 2. The monoisotopic (exact) mass is 316 g/mol. The van der Waals surface area contributed by atoms with E-state index in [2.05, 4.69) is 19.8 Å². The van der Waals surface area contributed by atoms with Gasteiger partial charge in [0.15, 0.2) is 5.03 Å². The summed E-state index contributed by atoms with van der Waals surface area (Å²) in [4.78, 5) is 13.2. The highest BCUT2D eigenvalue weighted by Crippen LogP contribution is 2.13. The van der Waals surface area contributed by atoms with Gasteiger partial charge in [-0.1, -0.05) is 6.42 Å². The minimum atomic E-state index is -3.92. The quantitative estimate of drug-likeness (QED) is 0.693. The smallest absolute Gasteiger partial charge is 0.340 e. The first-order valence-corrected chi connectivity index (χ1v) is 8.40. The normalized spacial score (nSPS) is 18.5. The average Bonchev–Trinajstić information content (AvgIpc) is 2.89. The molecule has 0 aliphatic carbocycles. The minimum Gasteiger partial charge on any atom is -0.478 e. The largest absolute Gasteiger partial charge is 0.478 e. The van der Waals surface area contributed by atoms with E-state index >= 15 is 0 Å². The van der Waals surface area contributed by atoms with E-state index in [1.807, 2.05) is 0 Å². The van der Waals surface area contributed by atoms with Crippen molar-refractivity contribution >= 4 is 16.0 Å². The summed E-state index contributed by atoms with van der Waals surface area (Å²) >= 11 is 0. The Labute approximate surface area is 123 Å². The lowest BCUT2D eigenvalue weighted by Gasteiger charge is -2.29. The number of aromatic nitrogens is 2. The summed E-state index contributed by atoms with van der Waals surface area (Å²) in [5, 5.41) is 14.3. The fourth-order valence-electron chi connectivity index (χ4n) is 2.52. The number of H-pyrrole nitrogens is 1. The van der Waals surface area contributed by atoms with E-state index in [4.69, 9.17) is 5.11 Å². The maximum Gasteiger partial charge on any atom is 0.340 e. The second-order valence-electron chi connectivity index (χ2n) is 5.30. The maximum atomic E-state index is 12.2. The number of hydrogen-bond donors (Lipinski definition) is 3. The van der Waals surface area contributed by atoms with Crippen LogP contribution in [-0.2, 0) is 10.0 Å². The van der Waals surface area contributed by atoms with Crippen molar-refractivity contribution in [3.63, 3.8) is 0 Å². The summed E-state index contributed by atoms with van der Waals surface area (Å²) in [6.45, 7) is 4.31. The SMILES string of the molecule is CC(CN1CCCCC1)NS(=O)(=O)c1[nH]ncc1C(=O)O. The molecule has 1 aliphatic heterocycles. The van der Waals surface area contributed by atoms with Gasteiger partial charge in [-0.2, -0.15) is 5.10 Å². The predicted molar refractivity (Wildman–Crippen MR) is 75.6 cm³/mol. The highest BCUT2D eigenvalue weighted by atomic mass is 32.2. The first-order valence-electron chi connectivity index (χ1n) is 6.91. The van der Waals surface area contributed by atoms with E-state index in [1.165, 1.54) is 6.42 Å². The van der Waals surface area contributed by atoms with Crippen LogP contribution in [0.2, 0.25) is 0 Å². The third-order valence-corrected chi connectivity index (χ3v) is 5.00. The molecule has 3 N–H and O–H groups in total. The Hall–Kier alpha value is -1.45. The van der Waals surface area contributed by atoms with Gasteiger partial charge in [-0.05, 0) is 32.9 Å². The Morgan fingerprint density at radius 1 is 1.48 bits per heavy atom. The van der Waals surface area contributed by atoms with Crippen LogP contribution in [-0.4, -0.2) is 60.3 Å². The third-order valence-electron chi connectivity index (χ3n) is 3.44.